The predicted molar refractivity (Wildman–Crippen MR) is 112 cm³/mol. The molecule has 0 atom stereocenters. The van der Waals surface area contributed by atoms with Gasteiger partial charge in [-0.2, -0.15) is 8.42 Å². The summed E-state index contributed by atoms with van der Waals surface area (Å²) in [6.45, 7) is 2.42. The Morgan fingerprint density at radius 1 is 0.828 bits per heavy atom. The maximum Gasteiger partial charge on any atom is 0.339 e. The summed E-state index contributed by atoms with van der Waals surface area (Å²) in [5, 5.41) is 3.29. The van der Waals surface area contributed by atoms with E-state index in [0.717, 1.165) is 22.6 Å². The van der Waals surface area contributed by atoms with Gasteiger partial charge >= 0.3 is 10.1 Å². The minimum atomic E-state index is -3.94. The van der Waals surface area contributed by atoms with E-state index in [1.807, 2.05) is 31.2 Å². The molecule has 0 aliphatic carbocycles. The van der Waals surface area contributed by atoms with Crippen molar-refractivity contribution in [3.8, 4) is 17.2 Å². The molecule has 0 saturated heterocycles. The van der Waals surface area contributed by atoms with Crippen molar-refractivity contribution >= 4 is 15.8 Å². The van der Waals surface area contributed by atoms with E-state index in [0.29, 0.717) is 12.3 Å². The summed E-state index contributed by atoms with van der Waals surface area (Å²) in [4.78, 5) is 0.0930. The Morgan fingerprint density at radius 2 is 1.52 bits per heavy atom. The van der Waals surface area contributed by atoms with Gasteiger partial charge in [-0.15, -0.1) is 0 Å². The second kappa shape index (κ2) is 8.87. The molecule has 1 N–H and O–H groups in total. The van der Waals surface area contributed by atoms with Crippen LogP contribution in [0.25, 0.3) is 0 Å². The van der Waals surface area contributed by atoms with Crippen molar-refractivity contribution in [2.45, 2.75) is 18.4 Å². The number of hydrogen-bond donors (Lipinski definition) is 1. The Labute approximate surface area is 171 Å². The van der Waals surface area contributed by atoms with Crippen molar-refractivity contribution in [1.82, 2.24) is 0 Å². The number of aryl methyl sites for hydroxylation is 1. The second-order valence-corrected chi connectivity index (χ2v) is 7.96. The molecule has 0 saturated carbocycles. The zero-order valence-electron chi connectivity index (χ0n) is 16.5. The van der Waals surface area contributed by atoms with Crippen LogP contribution in [-0.4, -0.2) is 22.6 Å². The molecule has 3 aromatic rings. The molecule has 3 aromatic carbocycles. The summed E-state index contributed by atoms with van der Waals surface area (Å²) in [6.07, 6.45) is 0. The second-order valence-electron chi connectivity index (χ2n) is 6.42. The molecule has 0 heterocycles. The van der Waals surface area contributed by atoms with Crippen LogP contribution in [0.1, 0.15) is 11.1 Å². The van der Waals surface area contributed by atoms with Crippen molar-refractivity contribution in [1.29, 1.82) is 0 Å². The fourth-order valence-corrected chi connectivity index (χ4v) is 3.61. The molecule has 0 bridgehead atoms. The van der Waals surface area contributed by atoms with Gasteiger partial charge in [-0.25, -0.2) is 0 Å². The quantitative estimate of drug-likeness (QED) is 0.552. The Kier molecular flexibility index (Phi) is 6.29. The van der Waals surface area contributed by atoms with E-state index in [1.165, 1.54) is 19.2 Å². The van der Waals surface area contributed by atoms with Crippen LogP contribution >= 0.6 is 0 Å². The summed E-state index contributed by atoms with van der Waals surface area (Å²) in [5.74, 6) is 1.27. The van der Waals surface area contributed by atoms with Gasteiger partial charge in [0.2, 0.25) is 0 Å². The molecule has 3 rings (SSSR count). The average Bonchev–Trinajstić information content (AvgIpc) is 2.73. The topological polar surface area (TPSA) is 73.9 Å². The fourth-order valence-electron chi connectivity index (χ4n) is 2.68. The highest BCUT2D eigenvalue weighted by molar-refractivity contribution is 7.87. The van der Waals surface area contributed by atoms with E-state index < -0.39 is 10.1 Å². The minimum Gasteiger partial charge on any atom is -0.497 e. The first-order valence-corrected chi connectivity index (χ1v) is 10.4. The van der Waals surface area contributed by atoms with Crippen LogP contribution in [0.5, 0.6) is 17.2 Å². The van der Waals surface area contributed by atoms with E-state index in [-0.39, 0.29) is 10.6 Å². The van der Waals surface area contributed by atoms with Gasteiger partial charge in [0, 0.05) is 12.2 Å². The van der Waals surface area contributed by atoms with Crippen LogP contribution in [0.3, 0.4) is 0 Å². The van der Waals surface area contributed by atoms with E-state index >= 15 is 0 Å². The first-order chi connectivity index (χ1) is 13.9. The van der Waals surface area contributed by atoms with E-state index in [4.69, 9.17) is 13.7 Å². The summed E-state index contributed by atoms with van der Waals surface area (Å²) >= 11 is 0. The lowest BCUT2D eigenvalue weighted by molar-refractivity contribution is 0.390. The zero-order valence-corrected chi connectivity index (χ0v) is 17.3. The number of anilines is 1. The summed E-state index contributed by atoms with van der Waals surface area (Å²) in [6, 6.07) is 19.2. The number of ether oxygens (including phenoxy) is 2. The van der Waals surface area contributed by atoms with E-state index in [2.05, 4.69) is 5.32 Å². The molecule has 29 heavy (non-hydrogen) atoms. The monoisotopic (exact) mass is 413 g/mol. The van der Waals surface area contributed by atoms with Gasteiger partial charge in [-0.05, 0) is 61.0 Å². The fraction of sp³-hybridized carbons (Fsp3) is 0.182. The number of nitrogens with one attached hydrogen (secondary N) is 1. The van der Waals surface area contributed by atoms with Crippen LogP contribution in [0.15, 0.2) is 71.6 Å². The van der Waals surface area contributed by atoms with Gasteiger partial charge in [-0.1, -0.05) is 23.8 Å². The van der Waals surface area contributed by atoms with Gasteiger partial charge in [-0.3, -0.25) is 0 Å². The molecular weight excluding hydrogens is 390 g/mol. The van der Waals surface area contributed by atoms with Gasteiger partial charge < -0.3 is 19.0 Å². The molecule has 0 aromatic heterocycles. The van der Waals surface area contributed by atoms with Crippen molar-refractivity contribution in [2.75, 3.05) is 19.5 Å². The van der Waals surface area contributed by atoms with Gasteiger partial charge in [0.05, 0.1) is 14.2 Å². The number of rotatable bonds is 8. The first-order valence-electron chi connectivity index (χ1n) is 8.97. The lowest BCUT2D eigenvalue weighted by atomic mass is 10.2. The number of benzene rings is 3. The highest BCUT2D eigenvalue weighted by Crippen LogP contribution is 2.31. The Balaban J connectivity index is 1.73. The number of hydrogen-bond acceptors (Lipinski definition) is 6. The Hall–Kier alpha value is -3.19. The normalized spacial score (nSPS) is 11.0. The van der Waals surface area contributed by atoms with Gasteiger partial charge in [0.15, 0.2) is 11.5 Å². The largest absolute Gasteiger partial charge is 0.497 e. The van der Waals surface area contributed by atoms with E-state index in [1.54, 1.807) is 37.4 Å². The van der Waals surface area contributed by atoms with Crippen LogP contribution in [0.2, 0.25) is 0 Å². The summed E-state index contributed by atoms with van der Waals surface area (Å²) in [5.41, 5.74) is 2.82. The third-order valence-electron chi connectivity index (χ3n) is 4.32. The smallest absolute Gasteiger partial charge is 0.339 e. The average molecular weight is 413 g/mol. The molecule has 6 nitrogen and oxygen atoms in total. The van der Waals surface area contributed by atoms with E-state index in [9.17, 15) is 8.42 Å². The van der Waals surface area contributed by atoms with Crippen LogP contribution in [0, 0.1) is 6.92 Å². The molecule has 0 spiro atoms. The van der Waals surface area contributed by atoms with Crippen molar-refractivity contribution in [3.63, 3.8) is 0 Å². The highest BCUT2D eigenvalue weighted by atomic mass is 32.2. The molecule has 0 aliphatic rings. The third-order valence-corrected chi connectivity index (χ3v) is 5.57. The minimum absolute atomic E-state index is 0.0930. The van der Waals surface area contributed by atoms with Crippen LogP contribution in [0.4, 0.5) is 5.69 Å². The lowest BCUT2D eigenvalue weighted by Gasteiger charge is -2.13. The highest BCUT2D eigenvalue weighted by Gasteiger charge is 2.19. The molecule has 0 unspecified atom stereocenters. The molecule has 0 aliphatic heterocycles. The predicted octanol–water partition coefficient (Wildman–Crippen LogP) is 4.39. The molecule has 7 heteroatoms. The first kappa shape index (κ1) is 20.5. The standard InChI is InChI=1S/C22H23NO5S/c1-16-4-11-20(12-5-16)29(24,25)28-21-13-6-17(14-22(21)27-3)15-23-18-7-9-19(26-2)10-8-18/h4-14,23H,15H2,1-3H3. The molecule has 0 fully saturated rings. The number of methoxy groups -OCH3 is 2. The van der Waals surface area contributed by atoms with Crippen molar-refractivity contribution in [2.24, 2.45) is 0 Å². The van der Waals surface area contributed by atoms with Crippen molar-refractivity contribution in [3.05, 3.63) is 77.9 Å². The summed E-state index contributed by atoms with van der Waals surface area (Å²) in [7, 11) is -0.849. The zero-order chi connectivity index (χ0) is 20.9. The Morgan fingerprint density at radius 3 is 2.14 bits per heavy atom. The van der Waals surface area contributed by atoms with Crippen molar-refractivity contribution < 1.29 is 22.1 Å². The van der Waals surface area contributed by atoms with Gasteiger partial charge in [0.1, 0.15) is 10.6 Å². The lowest BCUT2D eigenvalue weighted by Crippen LogP contribution is -2.10. The molecular formula is C22H23NO5S. The van der Waals surface area contributed by atoms with Crippen LogP contribution < -0.4 is 19.0 Å². The summed E-state index contributed by atoms with van der Waals surface area (Å²) < 4.78 is 40.8. The van der Waals surface area contributed by atoms with Gasteiger partial charge in [0.25, 0.3) is 0 Å². The maximum absolute atomic E-state index is 12.5. The third kappa shape index (κ3) is 5.20. The SMILES string of the molecule is COc1ccc(NCc2ccc(OS(=O)(=O)c3ccc(C)cc3)c(OC)c2)cc1. The molecule has 152 valence electrons. The molecule has 0 radical (unpaired) electrons. The molecule has 0 amide bonds. The maximum atomic E-state index is 12.5. The Bertz CT molecular complexity index is 1060. The van der Waals surface area contributed by atoms with Crippen LogP contribution in [-0.2, 0) is 16.7 Å².